The number of benzene rings is 2. The number of thioether (sulfide) groups is 2. The zero-order valence-corrected chi connectivity index (χ0v) is 18.7. The van der Waals surface area contributed by atoms with Gasteiger partial charge in [-0.25, -0.2) is 0 Å². The molecule has 29 heavy (non-hydrogen) atoms. The van der Waals surface area contributed by atoms with E-state index < -0.39 is 0 Å². The summed E-state index contributed by atoms with van der Waals surface area (Å²) in [6.07, 6.45) is 0. The van der Waals surface area contributed by atoms with Crippen molar-refractivity contribution in [2.24, 2.45) is 0 Å². The summed E-state index contributed by atoms with van der Waals surface area (Å²) < 4.78 is 2.10. The Hall–Kier alpha value is -2.25. The van der Waals surface area contributed by atoms with Crippen LogP contribution in [0.4, 0.5) is 5.69 Å². The van der Waals surface area contributed by atoms with Crippen LogP contribution in [0, 0.1) is 6.92 Å². The van der Waals surface area contributed by atoms with Crippen LogP contribution in [0.15, 0.2) is 64.6 Å². The molecule has 1 heterocycles. The number of para-hydroxylation sites is 1. The maximum Gasteiger partial charge on any atom is 0.237 e. The van der Waals surface area contributed by atoms with Gasteiger partial charge in [0.1, 0.15) is 5.82 Å². The van der Waals surface area contributed by atoms with Crippen molar-refractivity contribution in [2.45, 2.75) is 43.1 Å². The second kappa shape index (κ2) is 10.5. The van der Waals surface area contributed by atoms with Crippen molar-refractivity contribution < 1.29 is 4.79 Å². The maximum atomic E-state index is 12.7. The van der Waals surface area contributed by atoms with Crippen LogP contribution in [0.25, 0.3) is 0 Å². The zero-order valence-electron chi connectivity index (χ0n) is 17.0. The number of hydrogen-bond acceptors (Lipinski definition) is 5. The van der Waals surface area contributed by atoms with Gasteiger partial charge in [-0.1, -0.05) is 47.7 Å². The van der Waals surface area contributed by atoms with E-state index >= 15 is 0 Å². The topological polar surface area (TPSA) is 51.0 Å². The van der Waals surface area contributed by atoms with Crippen LogP contribution >= 0.6 is 23.5 Å². The highest BCUT2D eigenvalue weighted by Gasteiger charge is 2.17. The summed E-state index contributed by atoms with van der Waals surface area (Å²) in [4.78, 5) is 15.8. The Kier molecular flexibility index (Phi) is 7.77. The maximum absolute atomic E-state index is 12.7. The van der Waals surface area contributed by atoms with Gasteiger partial charge in [0.05, 0.1) is 11.5 Å². The lowest BCUT2D eigenvalue weighted by Crippen LogP contribution is -2.32. The molecule has 0 saturated heterocycles. The second-order valence-electron chi connectivity index (χ2n) is 6.51. The molecule has 7 heteroatoms. The minimum Gasteiger partial charge on any atom is -0.312 e. The van der Waals surface area contributed by atoms with Crippen LogP contribution < -0.4 is 4.90 Å². The fourth-order valence-corrected chi connectivity index (χ4v) is 4.68. The number of aromatic nitrogens is 3. The van der Waals surface area contributed by atoms with Crippen molar-refractivity contribution >= 4 is 35.1 Å². The van der Waals surface area contributed by atoms with Crippen molar-refractivity contribution in [1.29, 1.82) is 0 Å². The normalized spacial score (nSPS) is 10.9. The van der Waals surface area contributed by atoms with Gasteiger partial charge in [-0.05, 0) is 45.0 Å². The first kappa shape index (κ1) is 21.5. The fourth-order valence-electron chi connectivity index (χ4n) is 2.95. The molecule has 0 atom stereocenters. The molecule has 0 radical (unpaired) electrons. The lowest BCUT2D eigenvalue weighted by Gasteiger charge is -2.20. The molecular formula is C22H26N4OS2. The van der Waals surface area contributed by atoms with Gasteiger partial charge in [0.25, 0.3) is 0 Å². The van der Waals surface area contributed by atoms with Crippen LogP contribution in [0.3, 0.4) is 0 Å². The highest BCUT2D eigenvalue weighted by molar-refractivity contribution is 7.99. The summed E-state index contributed by atoms with van der Waals surface area (Å²) in [5.74, 6) is 2.10. The van der Waals surface area contributed by atoms with Crippen molar-refractivity contribution in [3.05, 3.63) is 66.0 Å². The van der Waals surface area contributed by atoms with E-state index in [0.717, 1.165) is 29.0 Å². The molecule has 0 fully saturated rings. The molecule has 0 saturated carbocycles. The van der Waals surface area contributed by atoms with E-state index in [9.17, 15) is 4.79 Å². The van der Waals surface area contributed by atoms with Gasteiger partial charge in [-0.3, -0.25) is 4.79 Å². The number of rotatable bonds is 9. The van der Waals surface area contributed by atoms with Gasteiger partial charge in [-0.2, -0.15) is 0 Å². The van der Waals surface area contributed by atoms with E-state index in [4.69, 9.17) is 0 Å². The molecule has 3 rings (SSSR count). The summed E-state index contributed by atoms with van der Waals surface area (Å²) in [6.45, 7) is 7.58. The number of aryl methyl sites for hydroxylation is 1. The Bertz CT molecular complexity index is 926. The van der Waals surface area contributed by atoms with Crippen LogP contribution in [0.2, 0.25) is 0 Å². The highest BCUT2D eigenvalue weighted by Crippen LogP contribution is 2.25. The van der Waals surface area contributed by atoms with Gasteiger partial charge in [-0.15, -0.1) is 22.0 Å². The third-order valence-electron chi connectivity index (χ3n) is 4.51. The molecule has 1 amide bonds. The predicted octanol–water partition coefficient (Wildman–Crippen LogP) is 5.04. The molecule has 0 N–H and O–H groups in total. The molecule has 0 unspecified atom stereocenters. The first-order chi connectivity index (χ1) is 14.1. The number of nitrogens with zero attached hydrogens (tertiary/aromatic N) is 4. The number of carbonyl (C=O) groups excluding carboxylic acids is 1. The van der Waals surface area contributed by atoms with Gasteiger partial charge >= 0.3 is 0 Å². The molecule has 3 aromatic rings. The van der Waals surface area contributed by atoms with E-state index in [1.54, 1.807) is 16.7 Å². The monoisotopic (exact) mass is 426 g/mol. The van der Waals surface area contributed by atoms with Gasteiger partial charge < -0.3 is 9.47 Å². The molecule has 1 aromatic heterocycles. The SMILES string of the molecule is CCN(C(=O)CSc1nnc(CSc2ccc(C)cc2)n1CC)c1ccccc1. The number of carbonyl (C=O) groups is 1. The highest BCUT2D eigenvalue weighted by atomic mass is 32.2. The third kappa shape index (κ3) is 5.64. The molecule has 5 nitrogen and oxygen atoms in total. The Labute approximate surface area is 180 Å². The zero-order chi connectivity index (χ0) is 20.6. The number of hydrogen-bond donors (Lipinski definition) is 0. The summed E-state index contributed by atoms with van der Waals surface area (Å²) in [5.41, 5.74) is 2.18. The average Bonchev–Trinajstić information content (AvgIpc) is 3.15. The molecule has 152 valence electrons. The Morgan fingerprint density at radius 2 is 1.72 bits per heavy atom. The largest absolute Gasteiger partial charge is 0.312 e. The molecule has 0 bridgehead atoms. The van der Waals surface area contributed by atoms with Gasteiger partial charge in [0.2, 0.25) is 5.91 Å². The van der Waals surface area contributed by atoms with Crippen LogP contribution in [0.1, 0.15) is 25.2 Å². The molecule has 0 aliphatic carbocycles. The smallest absolute Gasteiger partial charge is 0.237 e. The Morgan fingerprint density at radius 1 is 1.00 bits per heavy atom. The van der Waals surface area contributed by atoms with Crippen molar-refractivity contribution in [3.63, 3.8) is 0 Å². The van der Waals surface area contributed by atoms with Crippen LogP contribution in [-0.2, 0) is 17.1 Å². The van der Waals surface area contributed by atoms with Crippen LogP contribution in [-0.4, -0.2) is 33.0 Å². The predicted molar refractivity (Wildman–Crippen MR) is 122 cm³/mol. The first-order valence-corrected chi connectivity index (χ1v) is 11.7. The minimum atomic E-state index is 0.0740. The van der Waals surface area contributed by atoms with Crippen LogP contribution in [0.5, 0.6) is 0 Å². The third-order valence-corrected chi connectivity index (χ3v) is 6.47. The number of amides is 1. The summed E-state index contributed by atoms with van der Waals surface area (Å²) in [7, 11) is 0. The van der Waals surface area contributed by atoms with E-state index in [1.807, 2.05) is 37.3 Å². The lowest BCUT2D eigenvalue weighted by molar-refractivity contribution is -0.116. The summed E-state index contributed by atoms with van der Waals surface area (Å²) >= 11 is 3.20. The van der Waals surface area contributed by atoms with E-state index in [0.29, 0.717) is 12.3 Å². The van der Waals surface area contributed by atoms with E-state index in [2.05, 4.69) is 52.9 Å². The molecule has 2 aromatic carbocycles. The van der Waals surface area contributed by atoms with Gasteiger partial charge in [0, 0.05) is 23.7 Å². The van der Waals surface area contributed by atoms with Crippen molar-refractivity contribution in [3.8, 4) is 0 Å². The Balaban J connectivity index is 1.62. The van der Waals surface area contributed by atoms with E-state index in [-0.39, 0.29) is 5.91 Å². The molecule has 0 aliphatic heterocycles. The molecule has 0 spiro atoms. The molecular weight excluding hydrogens is 400 g/mol. The average molecular weight is 427 g/mol. The quantitative estimate of drug-likeness (QED) is 0.449. The Morgan fingerprint density at radius 3 is 2.38 bits per heavy atom. The first-order valence-electron chi connectivity index (χ1n) is 9.72. The van der Waals surface area contributed by atoms with Crippen molar-refractivity contribution in [2.75, 3.05) is 17.2 Å². The van der Waals surface area contributed by atoms with Crippen molar-refractivity contribution in [1.82, 2.24) is 14.8 Å². The molecule has 0 aliphatic rings. The summed E-state index contributed by atoms with van der Waals surface area (Å²) in [6, 6.07) is 18.3. The lowest BCUT2D eigenvalue weighted by atomic mass is 10.2. The summed E-state index contributed by atoms with van der Waals surface area (Å²) in [5, 5.41) is 9.50. The number of anilines is 1. The minimum absolute atomic E-state index is 0.0740. The van der Waals surface area contributed by atoms with Gasteiger partial charge in [0.15, 0.2) is 5.16 Å². The standard InChI is InChI=1S/C22H26N4OS2/c1-4-25(18-9-7-6-8-10-18)21(27)16-29-22-24-23-20(26(22)5-2)15-28-19-13-11-17(3)12-14-19/h6-14H,4-5,15-16H2,1-3H3. The fraction of sp³-hybridized carbons (Fsp3) is 0.318. The van der Waals surface area contributed by atoms with E-state index in [1.165, 1.54) is 22.2 Å². The second-order valence-corrected chi connectivity index (χ2v) is 8.50.